The van der Waals surface area contributed by atoms with Gasteiger partial charge in [-0.25, -0.2) is 9.18 Å². The summed E-state index contributed by atoms with van der Waals surface area (Å²) in [6.07, 6.45) is 0. The number of rotatable bonds is 4. The van der Waals surface area contributed by atoms with Crippen molar-refractivity contribution in [2.24, 2.45) is 0 Å². The molecule has 0 amide bonds. The van der Waals surface area contributed by atoms with E-state index >= 15 is 0 Å². The number of hydrogen-bond donors (Lipinski definition) is 1. The standard InChI is InChI=1S/C16H16FN5O/c1-11-8-12(6-7-14(11)18)10-21-16(23)22(20-19-21)15-5-3-2-4-13(15)9-17/h2-8H,9-10,18H2,1H3. The molecule has 3 aromatic rings. The first kappa shape index (κ1) is 15.0. The lowest BCUT2D eigenvalue weighted by Crippen LogP contribution is -2.25. The molecule has 2 aromatic carbocycles. The van der Waals surface area contributed by atoms with Crippen molar-refractivity contribution >= 4 is 5.69 Å². The Kier molecular flexibility index (Phi) is 3.92. The molecular formula is C16H16FN5O. The van der Waals surface area contributed by atoms with Crippen LogP contribution in [-0.4, -0.2) is 19.8 Å². The van der Waals surface area contributed by atoms with E-state index in [1.807, 2.05) is 19.1 Å². The fourth-order valence-corrected chi connectivity index (χ4v) is 2.36. The number of halogens is 1. The Bertz CT molecular complexity index is 899. The molecule has 1 aromatic heterocycles. The fraction of sp³-hybridized carbons (Fsp3) is 0.188. The molecule has 0 atom stereocenters. The summed E-state index contributed by atoms with van der Waals surface area (Å²) >= 11 is 0. The number of aromatic nitrogens is 4. The van der Waals surface area contributed by atoms with Crippen molar-refractivity contribution in [3.05, 3.63) is 69.6 Å². The van der Waals surface area contributed by atoms with Crippen LogP contribution < -0.4 is 11.4 Å². The molecular weight excluding hydrogens is 297 g/mol. The summed E-state index contributed by atoms with van der Waals surface area (Å²) in [5.74, 6) is 0. The van der Waals surface area contributed by atoms with Crippen molar-refractivity contribution in [2.75, 3.05) is 5.73 Å². The molecule has 0 aliphatic heterocycles. The molecule has 0 bridgehead atoms. The molecule has 0 saturated heterocycles. The zero-order chi connectivity index (χ0) is 16.4. The Morgan fingerprint density at radius 2 is 1.96 bits per heavy atom. The Labute approximate surface area is 132 Å². The van der Waals surface area contributed by atoms with Crippen LogP contribution in [0.2, 0.25) is 0 Å². The maximum atomic E-state index is 13.1. The number of nitrogens with two attached hydrogens (primary N) is 1. The van der Waals surface area contributed by atoms with Gasteiger partial charge in [0.2, 0.25) is 0 Å². The normalized spacial score (nSPS) is 10.9. The number of alkyl halides is 1. The first-order chi connectivity index (χ1) is 11.1. The molecule has 0 spiro atoms. The zero-order valence-corrected chi connectivity index (χ0v) is 12.6. The minimum atomic E-state index is -0.674. The average molecular weight is 313 g/mol. The van der Waals surface area contributed by atoms with Crippen molar-refractivity contribution in [3.8, 4) is 5.69 Å². The maximum Gasteiger partial charge on any atom is 0.368 e. The van der Waals surface area contributed by atoms with E-state index in [2.05, 4.69) is 10.4 Å². The topological polar surface area (TPSA) is 78.7 Å². The van der Waals surface area contributed by atoms with E-state index in [1.165, 1.54) is 4.68 Å². The van der Waals surface area contributed by atoms with Crippen LogP contribution in [0, 0.1) is 6.92 Å². The van der Waals surface area contributed by atoms with Gasteiger partial charge in [-0.05, 0) is 40.6 Å². The van der Waals surface area contributed by atoms with E-state index in [1.54, 1.807) is 30.3 Å². The Morgan fingerprint density at radius 3 is 2.70 bits per heavy atom. The van der Waals surface area contributed by atoms with Gasteiger partial charge in [0.05, 0.1) is 12.2 Å². The molecule has 1 heterocycles. The molecule has 0 radical (unpaired) electrons. The number of benzene rings is 2. The van der Waals surface area contributed by atoms with Gasteiger partial charge in [0, 0.05) is 11.3 Å². The summed E-state index contributed by atoms with van der Waals surface area (Å²) in [5.41, 5.74) is 8.69. The van der Waals surface area contributed by atoms with Crippen LogP contribution in [0.3, 0.4) is 0 Å². The van der Waals surface area contributed by atoms with Gasteiger partial charge in [-0.1, -0.05) is 30.3 Å². The highest BCUT2D eigenvalue weighted by molar-refractivity contribution is 5.47. The number of hydrogen-bond acceptors (Lipinski definition) is 4. The van der Waals surface area contributed by atoms with Crippen LogP contribution in [-0.2, 0) is 13.2 Å². The van der Waals surface area contributed by atoms with E-state index in [-0.39, 0.29) is 6.54 Å². The molecule has 2 N–H and O–H groups in total. The van der Waals surface area contributed by atoms with E-state index in [0.29, 0.717) is 16.9 Å². The summed E-state index contributed by atoms with van der Waals surface area (Å²) in [4.78, 5) is 12.4. The lowest BCUT2D eigenvalue weighted by atomic mass is 10.1. The van der Waals surface area contributed by atoms with Gasteiger partial charge in [-0.3, -0.25) is 0 Å². The number of nitrogen functional groups attached to an aromatic ring is 1. The molecule has 7 heteroatoms. The van der Waals surface area contributed by atoms with Gasteiger partial charge in [0.1, 0.15) is 6.67 Å². The zero-order valence-electron chi connectivity index (χ0n) is 12.6. The first-order valence-electron chi connectivity index (χ1n) is 7.12. The van der Waals surface area contributed by atoms with Gasteiger partial charge in [-0.15, -0.1) is 0 Å². The second-order valence-corrected chi connectivity index (χ2v) is 5.28. The highest BCUT2D eigenvalue weighted by Crippen LogP contribution is 2.14. The molecule has 3 rings (SSSR count). The number of anilines is 1. The van der Waals surface area contributed by atoms with Crippen molar-refractivity contribution in [2.45, 2.75) is 20.1 Å². The lowest BCUT2D eigenvalue weighted by Gasteiger charge is -2.05. The molecule has 118 valence electrons. The minimum absolute atomic E-state index is 0.276. The van der Waals surface area contributed by atoms with Crippen LogP contribution in [0.1, 0.15) is 16.7 Å². The SMILES string of the molecule is Cc1cc(Cn2nnn(-c3ccccc3CF)c2=O)ccc1N. The molecule has 0 unspecified atom stereocenters. The van der Waals surface area contributed by atoms with E-state index in [4.69, 9.17) is 5.73 Å². The van der Waals surface area contributed by atoms with Crippen LogP contribution in [0.5, 0.6) is 0 Å². The molecule has 23 heavy (non-hydrogen) atoms. The van der Waals surface area contributed by atoms with Gasteiger partial charge in [0.25, 0.3) is 0 Å². The number of tetrazole rings is 1. The van der Waals surface area contributed by atoms with E-state index in [9.17, 15) is 9.18 Å². The van der Waals surface area contributed by atoms with Gasteiger partial charge >= 0.3 is 5.69 Å². The van der Waals surface area contributed by atoms with E-state index in [0.717, 1.165) is 15.8 Å². The summed E-state index contributed by atoms with van der Waals surface area (Å²) in [6.45, 7) is 1.50. The predicted octanol–water partition coefficient (Wildman–Crippen LogP) is 1.84. The third-order valence-electron chi connectivity index (χ3n) is 3.67. The smallest absolute Gasteiger partial charge is 0.368 e. The monoisotopic (exact) mass is 313 g/mol. The molecule has 0 saturated carbocycles. The maximum absolute atomic E-state index is 13.1. The molecule has 0 fully saturated rings. The summed E-state index contributed by atoms with van der Waals surface area (Å²) < 4.78 is 15.4. The second-order valence-electron chi connectivity index (χ2n) is 5.28. The Morgan fingerprint density at radius 1 is 1.17 bits per heavy atom. The molecule has 6 nitrogen and oxygen atoms in total. The van der Waals surface area contributed by atoms with Crippen LogP contribution in [0.25, 0.3) is 5.69 Å². The Balaban J connectivity index is 1.96. The highest BCUT2D eigenvalue weighted by atomic mass is 19.1. The first-order valence-corrected chi connectivity index (χ1v) is 7.12. The number of aryl methyl sites for hydroxylation is 1. The summed E-state index contributed by atoms with van der Waals surface area (Å²) in [5, 5.41) is 7.73. The Hall–Kier alpha value is -2.96. The van der Waals surface area contributed by atoms with E-state index < -0.39 is 12.4 Å². The molecule has 0 aliphatic rings. The summed E-state index contributed by atoms with van der Waals surface area (Å²) in [7, 11) is 0. The van der Waals surface area contributed by atoms with Gasteiger partial charge in [0.15, 0.2) is 0 Å². The molecule has 0 aliphatic carbocycles. The summed E-state index contributed by atoms with van der Waals surface area (Å²) in [6, 6.07) is 12.2. The van der Waals surface area contributed by atoms with Crippen LogP contribution in [0.4, 0.5) is 10.1 Å². The minimum Gasteiger partial charge on any atom is -0.399 e. The second kappa shape index (κ2) is 6.04. The largest absolute Gasteiger partial charge is 0.399 e. The number of nitrogens with zero attached hydrogens (tertiary/aromatic N) is 4. The third-order valence-corrected chi connectivity index (χ3v) is 3.67. The fourth-order valence-electron chi connectivity index (χ4n) is 2.36. The van der Waals surface area contributed by atoms with Crippen molar-refractivity contribution in [1.29, 1.82) is 0 Å². The van der Waals surface area contributed by atoms with Gasteiger partial charge < -0.3 is 5.73 Å². The van der Waals surface area contributed by atoms with Crippen LogP contribution >= 0.6 is 0 Å². The quantitative estimate of drug-likeness (QED) is 0.745. The predicted molar refractivity (Wildman–Crippen MR) is 85.1 cm³/mol. The van der Waals surface area contributed by atoms with Crippen molar-refractivity contribution < 1.29 is 4.39 Å². The third kappa shape index (κ3) is 2.85. The van der Waals surface area contributed by atoms with Crippen molar-refractivity contribution in [1.82, 2.24) is 19.8 Å². The average Bonchev–Trinajstić information content (AvgIpc) is 2.91. The highest BCUT2D eigenvalue weighted by Gasteiger charge is 2.12. The number of para-hydroxylation sites is 1. The van der Waals surface area contributed by atoms with Gasteiger partial charge in [-0.2, -0.15) is 9.36 Å². The van der Waals surface area contributed by atoms with Crippen LogP contribution in [0.15, 0.2) is 47.3 Å². The van der Waals surface area contributed by atoms with Crippen molar-refractivity contribution in [3.63, 3.8) is 0 Å². The lowest BCUT2D eigenvalue weighted by molar-refractivity contribution is 0.482.